The van der Waals surface area contributed by atoms with Crippen LogP contribution in [0.3, 0.4) is 0 Å². The highest BCUT2D eigenvalue weighted by molar-refractivity contribution is 5.97. The number of halogens is 1. The molecule has 0 bridgehead atoms. The number of carbonyl (C=O) groups excluding carboxylic acids is 1. The number of benzene rings is 1. The third-order valence-electron chi connectivity index (χ3n) is 2.05. The fourth-order valence-corrected chi connectivity index (χ4v) is 1.18. The number of hydrogen-bond acceptors (Lipinski definition) is 2. The Balaban J connectivity index is 2.74. The second-order valence-corrected chi connectivity index (χ2v) is 3.28. The summed E-state index contributed by atoms with van der Waals surface area (Å²) >= 11 is 0. The minimum absolute atomic E-state index is 0.0552. The normalized spacial score (nSPS) is 10.0. The van der Waals surface area contributed by atoms with E-state index in [9.17, 15) is 14.0 Å². The summed E-state index contributed by atoms with van der Waals surface area (Å²) in [5.74, 6) is -1.66. The summed E-state index contributed by atoms with van der Waals surface area (Å²) < 4.78 is 12.9. The predicted molar refractivity (Wildman–Crippen MR) is 52.3 cm³/mol. The second kappa shape index (κ2) is 4.68. The van der Waals surface area contributed by atoms with Crippen LogP contribution in [-0.4, -0.2) is 16.9 Å². The molecule has 0 saturated heterocycles. The molecule has 0 saturated carbocycles. The molecular weight excluding hydrogens is 199 g/mol. The van der Waals surface area contributed by atoms with Crippen LogP contribution in [0, 0.1) is 12.7 Å². The molecule has 0 amide bonds. The monoisotopic (exact) mass is 210 g/mol. The smallest absolute Gasteiger partial charge is 0.303 e. The van der Waals surface area contributed by atoms with Crippen molar-refractivity contribution in [2.75, 3.05) is 0 Å². The lowest BCUT2D eigenvalue weighted by atomic mass is 10.0. The van der Waals surface area contributed by atoms with Crippen LogP contribution in [-0.2, 0) is 4.79 Å². The maximum absolute atomic E-state index is 12.9. The first kappa shape index (κ1) is 11.4. The summed E-state index contributed by atoms with van der Waals surface area (Å²) in [6.45, 7) is 1.56. The molecule has 80 valence electrons. The third kappa shape index (κ3) is 3.16. The number of ketones is 1. The minimum Gasteiger partial charge on any atom is -0.481 e. The van der Waals surface area contributed by atoms with Crippen molar-refractivity contribution in [2.45, 2.75) is 19.8 Å². The average molecular weight is 210 g/mol. The Hall–Kier alpha value is -1.71. The summed E-state index contributed by atoms with van der Waals surface area (Å²) in [4.78, 5) is 21.7. The molecule has 0 radical (unpaired) electrons. The Labute approximate surface area is 86.5 Å². The zero-order valence-corrected chi connectivity index (χ0v) is 8.29. The van der Waals surface area contributed by atoms with Crippen molar-refractivity contribution in [1.82, 2.24) is 0 Å². The molecule has 0 aliphatic carbocycles. The van der Waals surface area contributed by atoms with Crippen LogP contribution in [0.1, 0.15) is 28.8 Å². The van der Waals surface area contributed by atoms with Crippen LogP contribution in [0.4, 0.5) is 4.39 Å². The maximum atomic E-state index is 12.9. The number of carboxylic acid groups (broad SMARTS) is 1. The number of aliphatic carboxylic acids is 1. The van der Waals surface area contributed by atoms with Crippen LogP contribution >= 0.6 is 0 Å². The highest BCUT2D eigenvalue weighted by Gasteiger charge is 2.09. The Bertz CT molecular complexity index is 399. The van der Waals surface area contributed by atoms with Gasteiger partial charge in [-0.15, -0.1) is 0 Å². The topological polar surface area (TPSA) is 54.4 Å². The van der Waals surface area contributed by atoms with Gasteiger partial charge in [-0.1, -0.05) is 0 Å². The Morgan fingerprint density at radius 1 is 1.33 bits per heavy atom. The lowest BCUT2D eigenvalue weighted by Crippen LogP contribution is -2.04. The molecule has 0 unspecified atom stereocenters. The largest absolute Gasteiger partial charge is 0.481 e. The molecule has 1 N–H and O–H groups in total. The molecule has 1 rings (SSSR count). The van der Waals surface area contributed by atoms with Gasteiger partial charge in [-0.25, -0.2) is 4.39 Å². The molecule has 0 atom stereocenters. The van der Waals surface area contributed by atoms with Crippen molar-refractivity contribution in [3.63, 3.8) is 0 Å². The highest BCUT2D eigenvalue weighted by Crippen LogP contribution is 2.11. The van der Waals surface area contributed by atoms with Crippen molar-refractivity contribution >= 4 is 11.8 Å². The summed E-state index contributed by atoms with van der Waals surface area (Å²) in [7, 11) is 0. The van der Waals surface area contributed by atoms with E-state index in [-0.39, 0.29) is 24.4 Å². The van der Waals surface area contributed by atoms with Gasteiger partial charge in [0, 0.05) is 12.0 Å². The van der Waals surface area contributed by atoms with E-state index in [0.29, 0.717) is 11.1 Å². The van der Waals surface area contributed by atoms with Crippen LogP contribution in [0.25, 0.3) is 0 Å². The average Bonchev–Trinajstić information content (AvgIpc) is 2.18. The van der Waals surface area contributed by atoms with Gasteiger partial charge in [0.25, 0.3) is 0 Å². The molecule has 1 aromatic carbocycles. The Morgan fingerprint density at radius 2 is 2.00 bits per heavy atom. The SMILES string of the molecule is Cc1cc(C(=O)CCC(=O)O)ccc1F. The molecule has 0 spiro atoms. The van der Waals surface area contributed by atoms with E-state index < -0.39 is 5.97 Å². The molecule has 0 aliphatic heterocycles. The van der Waals surface area contributed by atoms with Gasteiger partial charge in [0.1, 0.15) is 5.82 Å². The maximum Gasteiger partial charge on any atom is 0.303 e. The van der Waals surface area contributed by atoms with Gasteiger partial charge in [0.15, 0.2) is 5.78 Å². The van der Waals surface area contributed by atoms with E-state index in [1.165, 1.54) is 18.2 Å². The zero-order valence-electron chi connectivity index (χ0n) is 8.29. The molecule has 0 aliphatic rings. The molecule has 0 aromatic heterocycles. The van der Waals surface area contributed by atoms with E-state index in [1.807, 2.05) is 0 Å². The standard InChI is InChI=1S/C11H11FO3/c1-7-6-8(2-3-9(7)12)10(13)4-5-11(14)15/h2-3,6H,4-5H2,1H3,(H,14,15). The summed E-state index contributed by atoms with van der Waals surface area (Å²) in [6, 6.07) is 4.01. The fraction of sp³-hybridized carbons (Fsp3) is 0.273. The van der Waals surface area contributed by atoms with E-state index in [2.05, 4.69) is 0 Å². The second-order valence-electron chi connectivity index (χ2n) is 3.28. The molecule has 0 heterocycles. The van der Waals surface area contributed by atoms with Crippen LogP contribution < -0.4 is 0 Å². The van der Waals surface area contributed by atoms with Gasteiger partial charge in [-0.05, 0) is 30.7 Å². The van der Waals surface area contributed by atoms with Gasteiger partial charge in [0.05, 0.1) is 6.42 Å². The first-order chi connectivity index (χ1) is 7.00. The molecule has 0 fully saturated rings. The summed E-state index contributed by atoms with van der Waals surface area (Å²) in [5, 5.41) is 8.40. The van der Waals surface area contributed by atoms with E-state index in [4.69, 9.17) is 5.11 Å². The molecule has 1 aromatic rings. The number of rotatable bonds is 4. The van der Waals surface area contributed by atoms with Gasteiger partial charge >= 0.3 is 5.97 Å². The van der Waals surface area contributed by atoms with E-state index >= 15 is 0 Å². The summed E-state index contributed by atoms with van der Waals surface area (Å²) in [5.41, 5.74) is 0.742. The lowest BCUT2D eigenvalue weighted by Gasteiger charge is -2.01. The van der Waals surface area contributed by atoms with Crippen LogP contribution in [0.5, 0.6) is 0 Å². The third-order valence-corrected chi connectivity index (χ3v) is 2.05. The van der Waals surface area contributed by atoms with Crippen molar-refractivity contribution in [2.24, 2.45) is 0 Å². The molecule has 15 heavy (non-hydrogen) atoms. The van der Waals surface area contributed by atoms with Crippen molar-refractivity contribution in [3.8, 4) is 0 Å². The van der Waals surface area contributed by atoms with Gasteiger partial charge in [-0.2, -0.15) is 0 Å². The first-order valence-electron chi connectivity index (χ1n) is 4.52. The quantitative estimate of drug-likeness (QED) is 0.775. The number of hydrogen-bond donors (Lipinski definition) is 1. The van der Waals surface area contributed by atoms with Crippen molar-refractivity contribution in [3.05, 3.63) is 35.1 Å². The van der Waals surface area contributed by atoms with Crippen LogP contribution in [0.2, 0.25) is 0 Å². The molecule has 3 nitrogen and oxygen atoms in total. The van der Waals surface area contributed by atoms with Crippen molar-refractivity contribution in [1.29, 1.82) is 0 Å². The number of carboxylic acids is 1. The van der Waals surface area contributed by atoms with Crippen LogP contribution in [0.15, 0.2) is 18.2 Å². The Morgan fingerprint density at radius 3 is 2.53 bits per heavy atom. The lowest BCUT2D eigenvalue weighted by molar-refractivity contribution is -0.136. The van der Waals surface area contributed by atoms with Gasteiger partial charge in [0.2, 0.25) is 0 Å². The molecule has 4 heteroatoms. The number of aryl methyl sites for hydroxylation is 1. The fourth-order valence-electron chi connectivity index (χ4n) is 1.18. The Kier molecular flexibility index (Phi) is 3.55. The van der Waals surface area contributed by atoms with Gasteiger partial charge < -0.3 is 5.11 Å². The van der Waals surface area contributed by atoms with Crippen molar-refractivity contribution < 1.29 is 19.1 Å². The number of Topliss-reactive ketones (excluding diaryl/α,β-unsaturated/α-hetero) is 1. The highest BCUT2D eigenvalue weighted by atomic mass is 19.1. The summed E-state index contributed by atoms with van der Waals surface area (Å²) in [6.07, 6.45) is -0.254. The zero-order chi connectivity index (χ0) is 11.4. The predicted octanol–water partition coefficient (Wildman–Crippen LogP) is 2.18. The number of carbonyl (C=O) groups is 2. The molecular formula is C11H11FO3. The first-order valence-corrected chi connectivity index (χ1v) is 4.52. The minimum atomic E-state index is -1.01. The van der Waals surface area contributed by atoms with E-state index in [0.717, 1.165) is 0 Å². The van der Waals surface area contributed by atoms with E-state index in [1.54, 1.807) is 6.92 Å². The van der Waals surface area contributed by atoms with Gasteiger partial charge in [-0.3, -0.25) is 9.59 Å².